The fraction of sp³-hybridized carbons (Fsp3) is 0.533. The van der Waals surface area contributed by atoms with Gasteiger partial charge in [-0.05, 0) is 49.9 Å². The van der Waals surface area contributed by atoms with E-state index >= 15 is 0 Å². The predicted molar refractivity (Wildman–Crippen MR) is 70.1 cm³/mol. The molecule has 2 saturated heterocycles. The number of Topliss-reactive ketones (excluding diaryl/α,β-unsaturated/α-hetero) is 1. The molecule has 1 N–H and O–H groups in total. The summed E-state index contributed by atoms with van der Waals surface area (Å²) in [6.45, 7) is 1.98. The van der Waals surface area contributed by atoms with Gasteiger partial charge in [-0.1, -0.05) is 0 Å². The van der Waals surface area contributed by atoms with Crippen LogP contribution in [0, 0.1) is 12.8 Å². The molecule has 0 radical (unpaired) electrons. The highest BCUT2D eigenvalue weighted by Crippen LogP contribution is 2.36. The molecule has 2 heterocycles. The zero-order chi connectivity index (χ0) is 12.7. The molecular formula is C15H19NO2. The Morgan fingerprint density at radius 2 is 2.22 bits per heavy atom. The van der Waals surface area contributed by atoms with Crippen molar-refractivity contribution in [3.63, 3.8) is 0 Å². The number of rotatable bonds is 3. The Hall–Kier alpha value is -1.35. The molecule has 0 aliphatic carbocycles. The first kappa shape index (κ1) is 11.7. The summed E-state index contributed by atoms with van der Waals surface area (Å²) in [6.07, 6.45) is 3.39. The maximum Gasteiger partial charge on any atom is 0.167 e. The Bertz CT molecular complexity index is 483. The van der Waals surface area contributed by atoms with Crippen molar-refractivity contribution in [1.29, 1.82) is 0 Å². The summed E-state index contributed by atoms with van der Waals surface area (Å²) in [5.74, 6) is 1.29. The minimum atomic E-state index is 0.177. The SMILES string of the molecule is COc1ccc(C(=O)C2CC3CCC2N3)c(C)c1. The average molecular weight is 245 g/mol. The molecule has 1 aromatic carbocycles. The van der Waals surface area contributed by atoms with Gasteiger partial charge in [-0.2, -0.15) is 0 Å². The lowest BCUT2D eigenvalue weighted by molar-refractivity contribution is 0.0900. The third kappa shape index (κ3) is 1.83. The zero-order valence-corrected chi connectivity index (χ0v) is 10.9. The fourth-order valence-corrected chi connectivity index (χ4v) is 3.35. The average Bonchev–Trinajstić information content (AvgIpc) is 3.00. The molecule has 2 aliphatic rings. The van der Waals surface area contributed by atoms with E-state index in [4.69, 9.17) is 4.74 Å². The molecule has 96 valence electrons. The summed E-state index contributed by atoms with van der Waals surface area (Å²) < 4.78 is 5.18. The molecular weight excluding hydrogens is 226 g/mol. The third-order valence-corrected chi connectivity index (χ3v) is 4.34. The van der Waals surface area contributed by atoms with Gasteiger partial charge in [0.1, 0.15) is 5.75 Å². The van der Waals surface area contributed by atoms with Crippen LogP contribution in [0.25, 0.3) is 0 Å². The molecule has 2 aliphatic heterocycles. The number of benzene rings is 1. The van der Waals surface area contributed by atoms with E-state index in [1.165, 1.54) is 6.42 Å². The highest BCUT2D eigenvalue weighted by Gasteiger charge is 2.42. The smallest absolute Gasteiger partial charge is 0.167 e. The molecule has 18 heavy (non-hydrogen) atoms. The molecule has 1 aromatic rings. The van der Waals surface area contributed by atoms with Crippen LogP contribution in [0.3, 0.4) is 0 Å². The van der Waals surface area contributed by atoms with Gasteiger partial charge in [0.15, 0.2) is 5.78 Å². The number of carbonyl (C=O) groups is 1. The van der Waals surface area contributed by atoms with Crippen LogP contribution in [-0.2, 0) is 0 Å². The molecule has 0 aromatic heterocycles. The van der Waals surface area contributed by atoms with Crippen LogP contribution in [0.4, 0.5) is 0 Å². The van der Waals surface area contributed by atoms with E-state index in [2.05, 4.69) is 5.32 Å². The van der Waals surface area contributed by atoms with Gasteiger partial charge in [-0.15, -0.1) is 0 Å². The number of ether oxygens (including phenoxy) is 1. The lowest BCUT2D eigenvalue weighted by Crippen LogP contribution is -2.29. The second-order valence-electron chi connectivity index (χ2n) is 5.43. The zero-order valence-electron chi connectivity index (χ0n) is 10.9. The summed E-state index contributed by atoms with van der Waals surface area (Å²) in [6, 6.07) is 6.70. The van der Waals surface area contributed by atoms with E-state index in [-0.39, 0.29) is 5.92 Å². The summed E-state index contributed by atoms with van der Waals surface area (Å²) in [5.41, 5.74) is 1.87. The minimum Gasteiger partial charge on any atom is -0.497 e. The van der Waals surface area contributed by atoms with E-state index in [1.54, 1.807) is 7.11 Å². The summed E-state index contributed by atoms with van der Waals surface area (Å²) >= 11 is 0. The Balaban J connectivity index is 1.84. The van der Waals surface area contributed by atoms with Gasteiger partial charge in [-0.3, -0.25) is 4.79 Å². The highest BCUT2D eigenvalue weighted by atomic mass is 16.5. The van der Waals surface area contributed by atoms with Crippen LogP contribution >= 0.6 is 0 Å². The van der Waals surface area contributed by atoms with Crippen molar-refractivity contribution in [1.82, 2.24) is 5.32 Å². The highest BCUT2D eigenvalue weighted by molar-refractivity contribution is 6.00. The Morgan fingerprint density at radius 1 is 1.39 bits per heavy atom. The van der Waals surface area contributed by atoms with E-state index in [1.807, 2.05) is 25.1 Å². The standard InChI is InChI=1S/C15H19NO2/c1-9-7-11(18-2)4-5-12(9)15(17)13-8-10-3-6-14(13)16-10/h4-5,7,10,13-14,16H,3,6,8H2,1-2H3. The largest absolute Gasteiger partial charge is 0.497 e. The fourth-order valence-electron chi connectivity index (χ4n) is 3.35. The van der Waals surface area contributed by atoms with Gasteiger partial charge in [0.05, 0.1) is 7.11 Å². The second kappa shape index (κ2) is 4.39. The van der Waals surface area contributed by atoms with Crippen LogP contribution in [0.5, 0.6) is 5.75 Å². The van der Waals surface area contributed by atoms with E-state index in [0.29, 0.717) is 17.9 Å². The lowest BCUT2D eigenvalue weighted by atomic mass is 9.83. The Kier molecular flexibility index (Phi) is 2.86. The second-order valence-corrected chi connectivity index (χ2v) is 5.43. The third-order valence-electron chi connectivity index (χ3n) is 4.34. The van der Waals surface area contributed by atoms with Crippen molar-refractivity contribution in [3.05, 3.63) is 29.3 Å². The van der Waals surface area contributed by atoms with Crippen molar-refractivity contribution in [2.45, 2.75) is 38.3 Å². The molecule has 2 fully saturated rings. The normalized spacial score (nSPS) is 29.6. The van der Waals surface area contributed by atoms with E-state index < -0.39 is 0 Å². The van der Waals surface area contributed by atoms with Gasteiger partial charge in [-0.25, -0.2) is 0 Å². The summed E-state index contributed by atoms with van der Waals surface area (Å²) in [5, 5.41) is 3.53. The number of fused-ring (bicyclic) bond motifs is 2. The quantitative estimate of drug-likeness (QED) is 0.831. The van der Waals surface area contributed by atoms with Crippen LogP contribution in [0.1, 0.15) is 35.2 Å². The number of aryl methyl sites for hydroxylation is 1. The van der Waals surface area contributed by atoms with E-state index in [9.17, 15) is 4.79 Å². The number of hydrogen-bond donors (Lipinski definition) is 1. The topological polar surface area (TPSA) is 38.3 Å². The van der Waals surface area contributed by atoms with Gasteiger partial charge in [0.25, 0.3) is 0 Å². The molecule has 0 amide bonds. The lowest BCUT2D eigenvalue weighted by Gasteiger charge is -2.19. The van der Waals surface area contributed by atoms with Crippen molar-refractivity contribution in [2.24, 2.45) is 5.92 Å². The molecule has 0 saturated carbocycles. The first-order valence-corrected chi connectivity index (χ1v) is 6.64. The van der Waals surface area contributed by atoms with E-state index in [0.717, 1.165) is 29.7 Å². The van der Waals surface area contributed by atoms with Crippen molar-refractivity contribution in [3.8, 4) is 5.75 Å². The first-order chi connectivity index (χ1) is 8.69. The van der Waals surface area contributed by atoms with Gasteiger partial charge in [0.2, 0.25) is 0 Å². The van der Waals surface area contributed by atoms with Crippen molar-refractivity contribution in [2.75, 3.05) is 7.11 Å². The van der Waals surface area contributed by atoms with Crippen LogP contribution in [0.15, 0.2) is 18.2 Å². The molecule has 2 bridgehead atoms. The van der Waals surface area contributed by atoms with Crippen LogP contribution in [0.2, 0.25) is 0 Å². The molecule has 3 atom stereocenters. The van der Waals surface area contributed by atoms with Crippen LogP contribution in [-0.4, -0.2) is 25.0 Å². The predicted octanol–water partition coefficient (Wildman–Crippen LogP) is 2.33. The minimum absolute atomic E-state index is 0.177. The van der Waals surface area contributed by atoms with Gasteiger partial charge < -0.3 is 10.1 Å². The van der Waals surface area contributed by atoms with Gasteiger partial charge in [0, 0.05) is 23.6 Å². The summed E-state index contributed by atoms with van der Waals surface area (Å²) in [7, 11) is 1.65. The van der Waals surface area contributed by atoms with Crippen molar-refractivity contribution < 1.29 is 9.53 Å². The molecule has 3 heteroatoms. The molecule has 3 nitrogen and oxygen atoms in total. The Morgan fingerprint density at radius 3 is 2.78 bits per heavy atom. The van der Waals surface area contributed by atoms with Crippen molar-refractivity contribution >= 4 is 5.78 Å². The number of hydrogen-bond acceptors (Lipinski definition) is 3. The number of ketones is 1. The molecule has 3 unspecified atom stereocenters. The molecule has 3 rings (SSSR count). The number of carbonyl (C=O) groups excluding carboxylic acids is 1. The van der Waals surface area contributed by atoms with Gasteiger partial charge >= 0.3 is 0 Å². The number of methoxy groups -OCH3 is 1. The maximum absolute atomic E-state index is 12.6. The monoisotopic (exact) mass is 245 g/mol. The first-order valence-electron chi connectivity index (χ1n) is 6.64. The Labute approximate surface area is 108 Å². The summed E-state index contributed by atoms with van der Waals surface area (Å²) in [4.78, 5) is 12.6. The number of nitrogens with one attached hydrogen (secondary N) is 1. The maximum atomic E-state index is 12.6. The molecule has 0 spiro atoms. The van der Waals surface area contributed by atoms with Crippen LogP contribution < -0.4 is 10.1 Å².